The smallest absolute Gasteiger partial charge is 0.255 e. The molecule has 2 heterocycles. The number of aromatic nitrogens is 2. The van der Waals surface area contributed by atoms with E-state index in [0.717, 1.165) is 0 Å². The summed E-state index contributed by atoms with van der Waals surface area (Å²) in [5.74, 6) is -0.218. The molecule has 0 spiro atoms. The molecule has 0 saturated heterocycles. The van der Waals surface area contributed by atoms with Gasteiger partial charge in [0.15, 0.2) is 12.0 Å². The Balaban J connectivity index is 1.83. The van der Waals surface area contributed by atoms with Crippen molar-refractivity contribution in [3.63, 3.8) is 0 Å². The SMILES string of the molecule is NCc1cc(C(=O)Nc2ccc3ocnc3c2)ccn1. The van der Waals surface area contributed by atoms with Crippen LogP contribution in [0.25, 0.3) is 11.1 Å². The third kappa shape index (κ3) is 2.36. The van der Waals surface area contributed by atoms with Crippen molar-refractivity contribution in [2.75, 3.05) is 5.32 Å². The molecule has 3 aromatic rings. The van der Waals surface area contributed by atoms with Gasteiger partial charge in [0.25, 0.3) is 5.91 Å². The molecule has 0 bridgehead atoms. The fourth-order valence-corrected chi connectivity index (χ4v) is 1.87. The van der Waals surface area contributed by atoms with Crippen LogP contribution in [0, 0.1) is 0 Å². The lowest BCUT2D eigenvalue weighted by molar-refractivity contribution is 0.102. The van der Waals surface area contributed by atoms with Crippen LogP contribution < -0.4 is 11.1 Å². The van der Waals surface area contributed by atoms with Gasteiger partial charge in [0.2, 0.25) is 0 Å². The second kappa shape index (κ2) is 5.10. The number of hydrogen-bond acceptors (Lipinski definition) is 5. The Morgan fingerprint density at radius 3 is 3.00 bits per heavy atom. The minimum absolute atomic E-state index is 0.218. The highest BCUT2D eigenvalue weighted by atomic mass is 16.3. The molecular formula is C14H12N4O2. The molecule has 2 aromatic heterocycles. The first-order valence-electron chi connectivity index (χ1n) is 6.06. The number of carbonyl (C=O) groups excluding carboxylic acids is 1. The van der Waals surface area contributed by atoms with Crippen LogP contribution in [-0.2, 0) is 6.54 Å². The fourth-order valence-electron chi connectivity index (χ4n) is 1.87. The lowest BCUT2D eigenvalue weighted by Crippen LogP contribution is -2.13. The van der Waals surface area contributed by atoms with Crippen LogP contribution in [0.5, 0.6) is 0 Å². The fraction of sp³-hybridized carbons (Fsp3) is 0.0714. The summed E-state index contributed by atoms with van der Waals surface area (Å²) in [4.78, 5) is 20.2. The topological polar surface area (TPSA) is 94.0 Å². The quantitative estimate of drug-likeness (QED) is 0.757. The summed E-state index contributed by atoms with van der Waals surface area (Å²) in [6.07, 6.45) is 2.94. The number of hydrogen-bond donors (Lipinski definition) is 2. The van der Waals surface area contributed by atoms with Crippen LogP contribution in [0.15, 0.2) is 47.3 Å². The maximum absolute atomic E-state index is 12.1. The van der Waals surface area contributed by atoms with E-state index in [-0.39, 0.29) is 5.91 Å². The molecule has 1 aromatic carbocycles. The Hall–Kier alpha value is -2.73. The molecule has 3 N–H and O–H groups in total. The lowest BCUT2D eigenvalue weighted by atomic mass is 10.2. The van der Waals surface area contributed by atoms with Gasteiger partial charge < -0.3 is 15.5 Å². The van der Waals surface area contributed by atoms with Gasteiger partial charge in [-0.3, -0.25) is 9.78 Å². The van der Waals surface area contributed by atoms with Gasteiger partial charge in [-0.2, -0.15) is 0 Å². The maximum atomic E-state index is 12.1. The molecule has 0 fully saturated rings. The van der Waals surface area contributed by atoms with Crippen molar-refractivity contribution >= 4 is 22.7 Å². The molecule has 0 radical (unpaired) electrons. The van der Waals surface area contributed by atoms with E-state index in [1.807, 2.05) is 0 Å². The van der Waals surface area contributed by atoms with Gasteiger partial charge >= 0.3 is 0 Å². The molecule has 3 rings (SSSR count). The summed E-state index contributed by atoms with van der Waals surface area (Å²) in [6, 6.07) is 8.58. The zero-order valence-corrected chi connectivity index (χ0v) is 10.5. The Labute approximate surface area is 114 Å². The number of benzene rings is 1. The third-order valence-corrected chi connectivity index (χ3v) is 2.88. The molecular weight excluding hydrogens is 256 g/mol. The number of fused-ring (bicyclic) bond motifs is 1. The largest absolute Gasteiger partial charge is 0.443 e. The van der Waals surface area contributed by atoms with Crippen molar-refractivity contribution in [3.8, 4) is 0 Å². The zero-order valence-electron chi connectivity index (χ0n) is 10.5. The summed E-state index contributed by atoms with van der Waals surface area (Å²) in [6.45, 7) is 0.298. The normalized spacial score (nSPS) is 10.7. The van der Waals surface area contributed by atoms with Crippen molar-refractivity contribution in [1.29, 1.82) is 0 Å². The summed E-state index contributed by atoms with van der Waals surface area (Å²) < 4.78 is 5.15. The first-order valence-corrected chi connectivity index (χ1v) is 6.06. The Bertz CT molecular complexity index is 766. The number of carbonyl (C=O) groups is 1. The minimum atomic E-state index is -0.218. The highest BCUT2D eigenvalue weighted by molar-refractivity contribution is 6.04. The standard InChI is InChI=1S/C14H12N4O2/c15-7-11-5-9(3-4-16-11)14(19)18-10-1-2-13-12(6-10)17-8-20-13/h1-6,8H,7,15H2,(H,18,19). The average Bonchev–Trinajstić information content (AvgIpc) is 2.95. The van der Waals surface area contributed by atoms with E-state index < -0.39 is 0 Å². The van der Waals surface area contributed by atoms with Crippen LogP contribution in [0.1, 0.15) is 16.1 Å². The van der Waals surface area contributed by atoms with Gasteiger partial charge in [0, 0.05) is 24.0 Å². The molecule has 20 heavy (non-hydrogen) atoms. The number of pyridine rings is 1. The van der Waals surface area contributed by atoms with Crippen LogP contribution >= 0.6 is 0 Å². The molecule has 6 nitrogen and oxygen atoms in total. The van der Waals surface area contributed by atoms with E-state index in [2.05, 4.69) is 15.3 Å². The molecule has 0 atom stereocenters. The van der Waals surface area contributed by atoms with E-state index in [9.17, 15) is 4.79 Å². The molecule has 100 valence electrons. The Kier molecular flexibility index (Phi) is 3.14. The molecule has 1 amide bonds. The number of oxazole rings is 1. The number of rotatable bonds is 3. The second-order valence-corrected chi connectivity index (χ2v) is 4.23. The van der Waals surface area contributed by atoms with Crippen molar-refractivity contribution in [3.05, 3.63) is 54.2 Å². The molecule has 0 aliphatic rings. The number of amides is 1. The monoisotopic (exact) mass is 268 g/mol. The van der Waals surface area contributed by atoms with Gasteiger partial charge in [0.1, 0.15) is 5.52 Å². The molecule has 0 saturated carbocycles. The van der Waals surface area contributed by atoms with Crippen molar-refractivity contribution < 1.29 is 9.21 Å². The molecule has 0 aliphatic carbocycles. The molecule has 6 heteroatoms. The van der Waals surface area contributed by atoms with Crippen LogP contribution in [0.2, 0.25) is 0 Å². The summed E-state index contributed by atoms with van der Waals surface area (Å²) >= 11 is 0. The van der Waals surface area contributed by atoms with Crippen LogP contribution in [0.3, 0.4) is 0 Å². The van der Waals surface area contributed by atoms with Gasteiger partial charge in [0.05, 0.1) is 5.69 Å². The summed E-state index contributed by atoms with van der Waals surface area (Å²) in [7, 11) is 0. The van der Waals surface area contributed by atoms with Crippen LogP contribution in [0.4, 0.5) is 5.69 Å². The zero-order chi connectivity index (χ0) is 13.9. The first-order chi connectivity index (χ1) is 9.76. The predicted octanol–water partition coefficient (Wildman–Crippen LogP) is 1.93. The summed E-state index contributed by atoms with van der Waals surface area (Å²) in [5.41, 5.74) is 8.72. The second-order valence-electron chi connectivity index (χ2n) is 4.23. The maximum Gasteiger partial charge on any atom is 0.255 e. The van der Waals surface area contributed by atoms with Gasteiger partial charge in [-0.25, -0.2) is 4.98 Å². The summed E-state index contributed by atoms with van der Waals surface area (Å²) in [5, 5.41) is 2.80. The van der Waals surface area contributed by atoms with Gasteiger partial charge in [-0.1, -0.05) is 0 Å². The highest BCUT2D eigenvalue weighted by Gasteiger charge is 2.08. The first kappa shape index (κ1) is 12.3. The Morgan fingerprint density at radius 1 is 1.25 bits per heavy atom. The van der Waals surface area contributed by atoms with E-state index in [1.165, 1.54) is 6.39 Å². The van der Waals surface area contributed by atoms with Crippen molar-refractivity contribution in [2.24, 2.45) is 5.73 Å². The van der Waals surface area contributed by atoms with Gasteiger partial charge in [-0.05, 0) is 30.3 Å². The van der Waals surface area contributed by atoms with E-state index in [4.69, 9.17) is 10.2 Å². The van der Waals surface area contributed by atoms with Crippen molar-refractivity contribution in [2.45, 2.75) is 6.54 Å². The van der Waals surface area contributed by atoms with E-state index >= 15 is 0 Å². The van der Waals surface area contributed by atoms with Crippen molar-refractivity contribution in [1.82, 2.24) is 9.97 Å². The number of nitrogens with zero attached hydrogens (tertiary/aromatic N) is 2. The molecule has 0 unspecified atom stereocenters. The lowest BCUT2D eigenvalue weighted by Gasteiger charge is -2.05. The highest BCUT2D eigenvalue weighted by Crippen LogP contribution is 2.18. The number of nitrogens with one attached hydrogen (secondary N) is 1. The number of nitrogens with two attached hydrogens (primary N) is 1. The van der Waals surface area contributed by atoms with E-state index in [1.54, 1.807) is 36.5 Å². The third-order valence-electron chi connectivity index (χ3n) is 2.88. The Morgan fingerprint density at radius 2 is 2.15 bits per heavy atom. The number of anilines is 1. The van der Waals surface area contributed by atoms with Gasteiger partial charge in [-0.15, -0.1) is 0 Å². The van der Waals surface area contributed by atoms with Crippen LogP contribution in [-0.4, -0.2) is 15.9 Å². The predicted molar refractivity (Wildman–Crippen MR) is 74.1 cm³/mol. The molecule has 0 aliphatic heterocycles. The van der Waals surface area contributed by atoms with E-state index in [0.29, 0.717) is 34.6 Å². The average molecular weight is 268 g/mol. The minimum Gasteiger partial charge on any atom is -0.443 e.